The molecule has 0 heterocycles. The fraction of sp³-hybridized carbons (Fsp3) is 0.455. The van der Waals surface area contributed by atoms with E-state index in [9.17, 15) is 30.3 Å². The Labute approximate surface area is 113 Å². The van der Waals surface area contributed by atoms with Gasteiger partial charge in [0.1, 0.15) is 0 Å². The minimum Gasteiger partial charge on any atom is -0.253 e. The zero-order chi connectivity index (χ0) is 15.2. The van der Waals surface area contributed by atoms with Gasteiger partial charge in [-0.15, -0.1) is 0 Å². The minimum absolute atomic E-state index is 0.0256. The smallest absolute Gasteiger partial charge is 0.253 e. The van der Waals surface area contributed by atoms with Crippen molar-refractivity contribution >= 4 is 0 Å². The van der Waals surface area contributed by atoms with Crippen LogP contribution in [0.1, 0.15) is 24.8 Å². The average molecular weight is 283 g/mol. The zero-order valence-electron chi connectivity index (χ0n) is 10.5. The molecule has 0 bridgehead atoms. The molecule has 0 fully saturated rings. The number of rotatable bonds is 8. The number of aryl methyl sites for hydroxylation is 1. The quantitative estimate of drug-likeness (QED) is 0.310. The van der Waals surface area contributed by atoms with Gasteiger partial charge in [0.2, 0.25) is 0 Å². The normalized spacial score (nSPS) is 11.0. The van der Waals surface area contributed by atoms with Crippen molar-refractivity contribution in [2.24, 2.45) is 0 Å². The lowest BCUT2D eigenvalue weighted by Gasteiger charge is -2.08. The molecule has 9 nitrogen and oxygen atoms in total. The van der Waals surface area contributed by atoms with E-state index in [0.29, 0.717) is 12.8 Å². The van der Waals surface area contributed by atoms with Crippen LogP contribution in [0.4, 0.5) is 0 Å². The van der Waals surface area contributed by atoms with Crippen molar-refractivity contribution in [2.75, 3.05) is 0 Å². The first-order valence-electron chi connectivity index (χ1n) is 5.88. The molecule has 1 aromatic rings. The summed E-state index contributed by atoms with van der Waals surface area (Å²) in [5.41, 5.74) is 0.974. The average Bonchev–Trinajstić information content (AvgIpc) is 2.38. The molecule has 0 radical (unpaired) electrons. The summed E-state index contributed by atoms with van der Waals surface area (Å²) in [6, 6.07) is 9.18. The van der Waals surface area contributed by atoms with Crippen molar-refractivity contribution in [1.82, 2.24) is 0 Å². The summed E-state index contributed by atoms with van der Waals surface area (Å²) in [5.74, 6) is -3.34. The van der Waals surface area contributed by atoms with Gasteiger partial charge in [-0.2, -0.15) is 0 Å². The molecule has 9 heteroatoms. The summed E-state index contributed by atoms with van der Waals surface area (Å²) in [5, 5.41) is 32.1. The maximum atomic E-state index is 10.7. The number of nitrogens with zero attached hydrogens (tertiary/aromatic N) is 3. The van der Waals surface area contributed by atoms with Crippen molar-refractivity contribution in [3.63, 3.8) is 0 Å². The molecule has 108 valence electrons. The first kappa shape index (κ1) is 15.5. The van der Waals surface area contributed by atoms with Crippen LogP contribution < -0.4 is 0 Å². The lowest BCUT2D eigenvalue weighted by molar-refractivity contribution is -0.970. The summed E-state index contributed by atoms with van der Waals surface area (Å²) in [6.07, 6.45) is 0.260. The number of nitro groups is 3. The summed E-state index contributed by atoms with van der Waals surface area (Å²) in [7, 11) is 0. The van der Waals surface area contributed by atoms with E-state index in [4.69, 9.17) is 0 Å². The molecule has 20 heavy (non-hydrogen) atoms. The summed E-state index contributed by atoms with van der Waals surface area (Å²) in [6.45, 7) is 0. The molecule has 1 rings (SSSR count). The standard InChI is InChI=1S/C11H13N3O6/c15-12(16)11(13(17)18,14(19)20)9-5-4-8-10-6-2-1-3-7-10/h1-3,6-7H,4-5,8-9H2. The molecule has 1 aromatic carbocycles. The van der Waals surface area contributed by atoms with Gasteiger partial charge in [-0.05, 0) is 24.8 Å². The third kappa shape index (κ3) is 3.25. The van der Waals surface area contributed by atoms with Gasteiger partial charge in [0.15, 0.2) is 21.2 Å². The highest BCUT2D eigenvalue weighted by atomic mass is 16.7. The van der Waals surface area contributed by atoms with Gasteiger partial charge in [0.25, 0.3) is 0 Å². The van der Waals surface area contributed by atoms with E-state index in [1.807, 2.05) is 30.3 Å². The van der Waals surface area contributed by atoms with Crippen LogP contribution in [0.3, 0.4) is 0 Å². The maximum absolute atomic E-state index is 10.7. The number of hydrogen-bond acceptors (Lipinski definition) is 6. The van der Waals surface area contributed by atoms with Crippen molar-refractivity contribution in [3.8, 4) is 0 Å². The van der Waals surface area contributed by atoms with Gasteiger partial charge in [-0.3, -0.25) is 30.3 Å². The Bertz CT molecular complexity index is 468. The fourth-order valence-corrected chi connectivity index (χ4v) is 1.81. The van der Waals surface area contributed by atoms with Crippen molar-refractivity contribution < 1.29 is 14.8 Å². The van der Waals surface area contributed by atoms with Crippen LogP contribution in [0.15, 0.2) is 30.3 Å². The highest BCUT2D eigenvalue weighted by Gasteiger charge is 2.69. The van der Waals surface area contributed by atoms with Crippen LogP contribution in [-0.2, 0) is 6.42 Å². The molecule has 0 amide bonds. The molecular formula is C11H13N3O6. The van der Waals surface area contributed by atoms with Crippen molar-refractivity contribution in [2.45, 2.75) is 31.5 Å². The van der Waals surface area contributed by atoms with Crippen LogP contribution in [-0.4, -0.2) is 20.6 Å². The third-order valence-corrected chi connectivity index (χ3v) is 2.95. The Morgan fingerprint density at radius 3 is 1.80 bits per heavy atom. The molecule has 0 atom stereocenters. The van der Waals surface area contributed by atoms with Crippen LogP contribution in [0, 0.1) is 30.3 Å². The van der Waals surface area contributed by atoms with E-state index in [2.05, 4.69) is 0 Å². The number of benzene rings is 1. The van der Waals surface area contributed by atoms with Gasteiger partial charge >= 0.3 is 5.79 Å². The van der Waals surface area contributed by atoms with E-state index < -0.39 is 27.0 Å². The van der Waals surface area contributed by atoms with Gasteiger partial charge in [0, 0.05) is 0 Å². The fourth-order valence-electron chi connectivity index (χ4n) is 1.81. The van der Waals surface area contributed by atoms with Crippen LogP contribution >= 0.6 is 0 Å². The molecule has 0 saturated heterocycles. The number of unbranched alkanes of at least 4 members (excludes halogenated alkanes) is 1. The molecule has 0 saturated carbocycles. The Hall–Kier alpha value is -2.58. The van der Waals surface area contributed by atoms with Crippen LogP contribution in [0.2, 0.25) is 0 Å². The van der Waals surface area contributed by atoms with Gasteiger partial charge < -0.3 is 0 Å². The third-order valence-electron chi connectivity index (χ3n) is 2.95. The first-order chi connectivity index (χ1) is 9.41. The largest absolute Gasteiger partial charge is 0.699 e. The van der Waals surface area contributed by atoms with Gasteiger partial charge in [-0.25, -0.2) is 0 Å². The zero-order valence-corrected chi connectivity index (χ0v) is 10.5. The second-order valence-electron chi connectivity index (χ2n) is 4.24. The van der Waals surface area contributed by atoms with Crippen LogP contribution in [0.5, 0.6) is 0 Å². The highest BCUT2D eigenvalue weighted by Crippen LogP contribution is 2.21. The van der Waals surface area contributed by atoms with Crippen molar-refractivity contribution in [3.05, 3.63) is 66.2 Å². The van der Waals surface area contributed by atoms with E-state index in [1.54, 1.807) is 0 Å². The predicted molar refractivity (Wildman–Crippen MR) is 67.7 cm³/mol. The summed E-state index contributed by atoms with van der Waals surface area (Å²) >= 11 is 0. The van der Waals surface area contributed by atoms with Crippen LogP contribution in [0.25, 0.3) is 0 Å². The molecule has 0 aliphatic heterocycles. The molecular weight excluding hydrogens is 270 g/mol. The predicted octanol–water partition coefficient (Wildman–Crippen LogP) is 1.88. The Morgan fingerprint density at radius 2 is 1.35 bits per heavy atom. The SMILES string of the molecule is O=[N+]([O-])C(CCCCc1ccccc1)([N+](=O)[O-])[N+](=O)[O-]. The van der Waals surface area contributed by atoms with E-state index >= 15 is 0 Å². The first-order valence-corrected chi connectivity index (χ1v) is 5.88. The minimum atomic E-state index is -3.34. The van der Waals surface area contributed by atoms with E-state index in [-0.39, 0.29) is 6.42 Å². The molecule has 0 aliphatic carbocycles. The lowest BCUT2D eigenvalue weighted by Crippen LogP contribution is -2.53. The van der Waals surface area contributed by atoms with Crippen molar-refractivity contribution in [1.29, 1.82) is 0 Å². The highest BCUT2D eigenvalue weighted by molar-refractivity contribution is 5.14. The lowest BCUT2D eigenvalue weighted by atomic mass is 10.1. The second kappa shape index (κ2) is 6.55. The molecule has 0 aromatic heterocycles. The summed E-state index contributed by atoms with van der Waals surface area (Å²) < 4.78 is 0. The van der Waals surface area contributed by atoms with Gasteiger partial charge in [0.05, 0.1) is 0 Å². The topological polar surface area (TPSA) is 129 Å². The Morgan fingerprint density at radius 1 is 0.850 bits per heavy atom. The number of hydrogen-bond donors (Lipinski definition) is 0. The molecule has 0 aliphatic rings. The molecule has 0 spiro atoms. The van der Waals surface area contributed by atoms with E-state index in [1.165, 1.54) is 0 Å². The molecule has 0 N–H and O–H groups in total. The Balaban J connectivity index is 2.62. The Kier molecular flexibility index (Phi) is 5.07. The second-order valence-corrected chi connectivity index (χ2v) is 4.24. The monoisotopic (exact) mass is 283 g/mol. The van der Waals surface area contributed by atoms with E-state index in [0.717, 1.165) is 5.56 Å². The summed E-state index contributed by atoms with van der Waals surface area (Å²) in [4.78, 5) is 27.8. The maximum Gasteiger partial charge on any atom is 0.699 e. The van der Waals surface area contributed by atoms with Gasteiger partial charge in [-0.1, -0.05) is 30.3 Å². The molecule has 0 unspecified atom stereocenters.